The fraction of sp³-hybridized carbons (Fsp3) is 0.143. The summed E-state index contributed by atoms with van der Waals surface area (Å²) in [6.07, 6.45) is -12.1. The first-order valence-corrected chi connectivity index (χ1v) is 35.5. The topological polar surface area (TPSA) is 76.0 Å². The zero-order valence-electron chi connectivity index (χ0n) is 51.0. The van der Waals surface area contributed by atoms with Crippen molar-refractivity contribution in [3.63, 3.8) is 0 Å². The quantitative estimate of drug-likeness (QED) is 0.0625. The minimum Gasteiger partial charge on any atom is -0.512 e. The molecule has 0 fully saturated rings. The molecule has 0 saturated carbocycles. The summed E-state index contributed by atoms with van der Waals surface area (Å²) in [5.41, 5.74) is 5.35. The maximum atomic E-state index is 14.2. The molecule has 0 saturated heterocycles. The van der Waals surface area contributed by atoms with Gasteiger partial charge in [-0.2, -0.15) is 39.5 Å². The normalized spacial score (nSPS) is 16.9. The number of para-hydroxylation sites is 3. The average molecular weight is 1860 g/mol. The third-order valence-corrected chi connectivity index (χ3v) is 17.6. The van der Waals surface area contributed by atoms with Crippen molar-refractivity contribution < 1.29 is 89.6 Å². The van der Waals surface area contributed by atoms with Crippen molar-refractivity contribution >= 4 is 75.7 Å². The van der Waals surface area contributed by atoms with Crippen molar-refractivity contribution in [2.24, 2.45) is 0 Å². The Kier molecular flexibility index (Phi) is 21.4. The van der Waals surface area contributed by atoms with Crippen LogP contribution in [0.4, 0.5) is 39.5 Å². The molecule has 3 atom stereocenters. The van der Waals surface area contributed by atoms with Gasteiger partial charge in [0.25, 0.3) is 0 Å². The largest absolute Gasteiger partial charge is 0.512 e. The zero-order chi connectivity index (χ0) is 66.4. The fourth-order valence-corrected chi connectivity index (χ4v) is 12.7. The number of fused-ring (bicyclic) bond motifs is 12. The average Bonchev–Trinajstić information content (AvgIpc) is 1.58. The SMILES string of the molecule is CC(=O)C=C(C)O.CC1(C(F)(F)F)c2ccccc2-c2c[c-]c(-c3ccc4ccccc4n3)cc21.CC1(C(F)(F)F)c2ccccc2-c2c[c-]c(-c3ccc4ccccc4n3)cc21.CC1(C(F)(F)F)c2ccccc2-c2ccc(-c3ccc4ccccc4n3)cc21.II.[Ir].[Ir]. The molecule has 3 heterocycles. The molecular formula is C77H54F9I2Ir2N3O2-2. The van der Waals surface area contributed by atoms with Crippen LogP contribution >= 0.6 is 37.2 Å². The van der Waals surface area contributed by atoms with E-state index in [1.807, 2.05) is 115 Å². The number of allylic oxidation sites excluding steroid dienone is 2. The van der Waals surface area contributed by atoms with Gasteiger partial charge in [-0.15, -0.1) is 58.7 Å². The van der Waals surface area contributed by atoms with E-state index in [1.165, 1.54) is 40.7 Å². The van der Waals surface area contributed by atoms with E-state index in [9.17, 15) is 44.3 Å². The van der Waals surface area contributed by atoms with Crippen LogP contribution in [-0.2, 0) is 61.3 Å². The van der Waals surface area contributed by atoms with Crippen LogP contribution in [0.1, 0.15) is 68.0 Å². The molecule has 2 radical (unpaired) electrons. The van der Waals surface area contributed by atoms with Crippen molar-refractivity contribution in [1.29, 1.82) is 0 Å². The zero-order valence-corrected chi connectivity index (χ0v) is 60.1. The Morgan fingerprint density at radius 3 is 1.05 bits per heavy atom. The van der Waals surface area contributed by atoms with Gasteiger partial charge in [-0.1, -0.05) is 192 Å². The van der Waals surface area contributed by atoms with Crippen molar-refractivity contribution in [3.8, 4) is 67.2 Å². The van der Waals surface area contributed by atoms with E-state index < -0.39 is 34.8 Å². The number of aliphatic hydroxyl groups excluding tert-OH is 1. The van der Waals surface area contributed by atoms with Crippen LogP contribution in [0, 0.1) is 12.1 Å². The van der Waals surface area contributed by atoms with Crippen LogP contribution in [-0.4, -0.2) is 44.4 Å². The number of hydrogen-bond donors (Lipinski definition) is 1. The van der Waals surface area contributed by atoms with Crippen molar-refractivity contribution in [1.82, 2.24) is 15.0 Å². The van der Waals surface area contributed by atoms with Gasteiger partial charge in [-0.3, -0.25) is 14.8 Å². The van der Waals surface area contributed by atoms with Gasteiger partial charge in [-0.25, -0.2) is 4.98 Å². The minimum atomic E-state index is -4.41. The maximum absolute atomic E-state index is 14.2. The molecule has 5 nitrogen and oxygen atoms in total. The third kappa shape index (κ3) is 13.3. The summed E-state index contributed by atoms with van der Waals surface area (Å²) >= 11 is 4.24. The van der Waals surface area contributed by atoms with Gasteiger partial charge in [0.2, 0.25) is 0 Å². The van der Waals surface area contributed by atoms with Crippen LogP contribution in [0.3, 0.4) is 0 Å². The van der Waals surface area contributed by atoms with Crippen molar-refractivity contribution in [3.05, 3.63) is 282 Å². The van der Waals surface area contributed by atoms with Crippen molar-refractivity contribution in [2.75, 3.05) is 0 Å². The van der Waals surface area contributed by atoms with Crippen LogP contribution in [0.5, 0.6) is 0 Å². The molecule has 9 aromatic carbocycles. The molecule has 0 amide bonds. The summed E-state index contributed by atoms with van der Waals surface area (Å²) in [6.45, 7) is 6.64. The summed E-state index contributed by atoms with van der Waals surface area (Å²) < 4.78 is 128. The van der Waals surface area contributed by atoms with E-state index in [0.717, 1.165) is 32.7 Å². The molecule has 12 aromatic rings. The van der Waals surface area contributed by atoms with E-state index in [0.29, 0.717) is 72.7 Å². The van der Waals surface area contributed by atoms with Crippen molar-refractivity contribution in [2.45, 2.75) is 69.4 Å². The number of hydrogen-bond acceptors (Lipinski definition) is 5. The van der Waals surface area contributed by atoms with E-state index in [-0.39, 0.29) is 79.6 Å². The number of halogens is 11. The predicted octanol–water partition coefficient (Wildman–Crippen LogP) is 22.7. The van der Waals surface area contributed by atoms with Gasteiger partial charge in [-0.05, 0) is 120 Å². The van der Waals surface area contributed by atoms with E-state index >= 15 is 0 Å². The molecule has 3 aliphatic rings. The van der Waals surface area contributed by atoms with Gasteiger partial charge in [0.15, 0.2) is 5.78 Å². The summed E-state index contributed by atoms with van der Waals surface area (Å²) in [5, 5.41) is 11.3. The Morgan fingerprint density at radius 1 is 0.400 bits per heavy atom. The standard InChI is InChI=1S/C24H16F3N.2C24H15F3N.C5H8O2.I2.2Ir/c3*1-23(24(25,26)27)19-8-4-3-7-17(19)18-12-10-16(14-20(18)23)22-13-11-15-6-2-5-9-21(15)28-22;1-4(6)3-5(2)7;1-2;;/h2-14H,1H3;2*2-9,11-14H,1H3;3,6H,1-2H3;;;/q;2*-1;;;;. The van der Waals surface area contributed by atoms with Crippen LogP contribution in [0.25, 0.3) is 99.9 Å². The number of alkyl halides is 9. The number of ketones is 1. The van der Waals surface area contributed by atoms with Gasteiger partial charge in [0, 0.05) is 94.5 Å². The molecular weight excluding hydrogens is 1810 g/mol. The second-order valence-corrected chi connectivity index (χ2v) is 23.2. The Balaban J connectivity index is 0.000000156. The number of benzene rings is 9. The summed E-state index contributed by atoms with van der Waals surface area (Å²) in [7, 11) is 0. The Bertz CT molecular complexity index is 4440. The monoisotopic (exact) mass is 1860 g/mol. The first-order chi connectivity index (χ1) is 44.3. The van der Waals surface area contributed by atoms with Crippen LogP contribution in [0.15, 0.2) is 236 Å². The van der Waals surface area contributed by atoms with Gasteiger partial charge in [0.1, 0.15) is 5.41 Å². The van der Waals surface area contributed by atoms with E-state index in [1.54, 1.807) is 109 Å². The van der Waals surface area contributed by atoms with Gasteiger partial charge >= 0.3 is 18.5 Å². The van der Waals surface area contributed by atoms with Crippen LogP contribution in [0.2, 0.25) is 0 Å². The summed E-state index contributed by atoms with van der Waals surface area (Å²) in [6, 6.07) is 72.7. The van der Waals surface area contributed by atoms with E-state index in [2.05, 4.69) is 64.3 Å². The van der Waals surface area contributed by atoms with Crippen LogP contribution < -0.4 is 0 Å². The summed E-state index contributed by atoms with van der Waals surface area (Å²) in [4.78, 5) is 23.9. The van der Waals surface area contributed by atoms with Gasteiger partial charge in [0.05, 0.1) is 38.8 Å². The van der Waals surface area contributed by atoms with Gasteiger partial charge < -0.3 is 5.11 Å². The molecule has 3 unspecified atom stereocenters. The molecule has 18 heteroatoms. The first kappa shape index (κ1) is 71.8. The third-order valence-electron chi connectivity index (χ3n) is 17.6. The molecule has 0 aliphatic heterocycles. The molecule has 3 aromatic heterocycles. The minimum absolute atomic E-state index is 0. The number of carbonyl (C=O) groups is 1. The summed E-state index contributed by atoms with van der Waals surface area (Å²) in [5.74, 6) is -0.0625. The number of pyridine rings is 3. The second kappa shape index (κ2) is 28.3. The molecule has 15 rings (SSSR count). The predicted molar refractivity (Wildman–Crippen MR) is 368 cm³/mol. The fourth-order valence-electron chi connectivity index (χ4n) is 12.7. The number of aliphatic hydroxyl groups is 1. The Hall–Kier alpha value is -7.45. The first-order valence-electron chi connectivity index (χ1n) is 29.2. The second-order valence-electron chi connectivity index (χ2n) is 23.2. The number of carbonyl (C=O) groups excluding carboxylic acids is 1. The Labute approximate surface area is 593 Å². The molecule has 0 bridgehead atoms. The number of rotatable bonds is 4. The smallest absolute Gasteiger partial charge is 0.402 e. The van der Waals surface area contributed by atoms with E-state index in [4.69, 9.17) is 5.11 Å². The molecule has 1 N–H and O–H groups in total. The number of aromatic nitrogens is 3. The molecule has 95 heavy (non-hydrogen) atoms. The number of nitrogens with zero attached hydrogens (tertiary/aromatic N) is 3. The molecule has 486 valence electrons. The Morgan fingerprint density at radius 2 is 0.705 bits per heavy atom. The maximum Gasteiger partial charge on any atom is 0.402 e. The molecule has 0 spiro atoms. The molecule has 3 aliphatic carbocycles.